The van der Waals surface area contributed by atoms with Crippen LogP contribution < -0.4 is 16.2 Å². The molecule has 15 heteroatoms. The summed E-state index contributed by atoms with van der Waals surface area (Å²) < 4.78 is 4.79. The first kappa shape index (κ1) is 27.0. The maximum Gasteiger partial charge on any atom is 0.278 e. The molecule has 0 radical (unpaired) electrons. The Morgan fingerprint density at radius 3 is 2.77 bits per heavy atom. The van der Waals surface area contributed by atoms with E-state index in [9.17, 15) is 19.5 Å². The van der Waals surface area contributed by atoms with E-state index < -0.39 is 29.2 Å². The van der Waals surface area contributed by atoms with Crippen LogP contribution in [0.3, 0.4) is 0 Å². The van der Waals surface area contributed by atoms with Crippen LogP contribution in [0.15, 0.2) is 27.9 Å². The minimum Gasteiger partial charge on any atom is -0.543 e. The van der Waals surface area contributed by atoms with Crippen LogP contribution in [0.25, 0.3) is 0 Å². The maximum atomic E-state index is 12.9. The molecule has 3 N–H and O–H groups in total. The number of anilines is 1. The Morgan fingerprint density at radius 2 is 2.17 bits per heavy atom. The molecule has 2 amide bonds. The number of carbonyl (C=O) groups excluding carboxylic acids is 3. The maximum absolute atomic E-state index is 12.9. The Bertz CT molecular complexity index is 1080. The predicted octanol–water partition coefficient (Wildman–Crippen LogP) is -0.782. The highest BCUT2D eigenvalue weighted by molar-refractivity contribution is 8.02. The number of carboxylic acid groups (broad SMARTS) is 1. The minimum atomic E-state index is -1.44. The number of hydrogen-bond acceptors (Lipinski definition) is 12. The Hall–Kier alpha value is -2.62. The van der Waals surface area contributed by atoms with Crippen LogP contribution in [-0.2, 0) is 19.2 Å². The summed E-state index contributed by atoms with van der Waals surface area (Å²) in [6.45, 7) is 2.84. The summed E-state index contributed by atoms with van der Waals surface area (Å²) in [5.41, 5.74) is 5.69. The number of aliphatic carboxylic acids is 1. The van der Waals surface area contributed by atoms with Gasteiger partial charge in [-0.1, -0.05) is 5.16 Å². The molecule has 1 aromatic rings. The molecule has 2 atom stereocenters. The van der Waals surface area contributed by atoms with Crippen LogP contribution in [-0.4, -0.2) is 99.5 Å². The highest BCUT2D eigenvalue weighted by atomic mass is 32.2. The van der Waals surface area contributed by atoms with Crippen molar-refractivity contribution in [3.05, 3.63) is 28.6 Å². The standard InChI is InChI=1S/C20H27N7O5S3/c1-5-32-24-12(15-23-20(21)35-25-15)16(28)22-13-17(29)26-14(19(30)31)11(10-34-18(13)26)6-8-33-9-7-27(2,3)4/h6,8,13,18H,5,7,9-10H2,1-4H3,(H3-,21,22,23,25,28,30,31)/t13?,18-/m0/s1. The van der Waals surface area contributed by atoms with Crippen molar-refractivity contribution >= 4 is 63.7 Å². The van der Waals surface area contributed by atoms with Gasteiger partial charge in [-0.15, -0.1) is 23.5 Å². The van der Waals surface area contributed by atoms with Crippen LogP contribution in [0.4, 0.5) is 5.13 Å². The van der Waals surface area contributed by atoms with Gasteiger partial charge in [-0.3, -0.25) is 14.5 Å². The molecule has 2 aliphatic rings. The van der Waals surface area contributed by atoms with Crippen molar-refractivity contribution in [1.82, 2.24) is 19.6 Å². The van der Waals surface area contributed by atoms with Crippen molar-refractivity contribution < 1.29 is 28.8 Å². The second-order valence-electron chi connectivity index (χ2n) is 8.52. The molecule has 3 rings (SSSR count). The SMILES string of the molecule is CCON=C(C(=O)NC1C(=O)N2C(C(=O)[O-])=C(C=CSCC[N+](C)(C)C)CS[C@@H]12)c1nsc(N)n1. The van der Waals surface area contributed by atoms with Gasteiger partial charge in [0.1, 0.15) is 18.0 Å². The monoisotopic (exact) mass is 541 g/mol. The summed E-state index contributed by atoms with van der Waals surface area (Å²) in [5.74, 6) is -1.53. The lowest BCUT2D eigenvalue weighted by Gasteiger charge is -2.50. The van der Waals surface area contributed by atoms with Gasteiger partial charge in [0, 0.05) is 23.0 Å². The van der Waals surface area contributed by atoms with Crippen molar-refractivity contribution in [1.29, 1.82) is 0 Å². The summed E-state index contributed by atoms with van der Waals surface area (Å²) in [6.07, 6.45) is 1.71. The number of hydrogen-bond donors (Lipinski definition) is 2. The smallest absolute Gasteiger partial charge is 0.278 e. The summed E-state index contributed by atoms with van der Waals surface area (Å²) in [5, 5.41) is 19.6. The first-order valence-electron chi connectivity index (χ1n) is 10.6. The molecule has 0 spiro atoms. The molecule has 0 aromatic carbocycles. The highest BCUT2D eigenvalue weighted by Gasteiger charge is 2.53. The summed E-state index contributed by atoms with van der Waals surface area (Å²) in [4.78, 5) is 47.7. The number of nitrogens with two attached hydrogens (primary N) is 1. The average Bonchev–Trinajstić information content (AvgIpc) is 3.21. The average molecular weight is 542 g/mol. The van der Waals surface area contributed by atoms with Crippen molar-refractivity contribution in [3.63, 3.8) is 0 Å². The number of thioether (sulfide) groups is 2. The van der Waals surface area contributed by atoms with Crippen molar-refractivity contribution in [2.24, 2.45) is 5.16 Å². The zero-order chi connectivity index (χ0) is 25.8. The Kier molecular flexibility index (Phi) is 8.79. The number of β-lactam (4-membered cyclic amide) rings is 1. The van der Waals surface area contributed by atoms with E-state index in [-0.39, 0.29) is 29.0 Å². The molecule has 3 heterocycles. The van der Waals surface area contributed by atoms with Gasteiger partial charge in [0.2, 0.25) is 11.5 Å². The Labute approximate surface area is 215 Å². The van der Waals surface area contributed by atoms with E-state index >= 15 is 0 Å². The van der Waals surface area contributed by atoms with Crippen molar-refractivity contribution in [2.75, 3.05) is 51.5 Å². The number of rotatable bonds is 11. The highest BCUT2D eigenvalue weighted by Crippen LogP contribution is 2.40. The van der Waals surface area contributed by atoms with Crippen LogP contribution in [0.5, 0.6) is 0 Å². The first-order chi connectivity index (χ1) is 16.5. The molecule has 12 nitrogen and oxygen atoms in total. The number of nitrogen functional groups attached to an aromatic ring is 1. The zero-order valence-electron chi connectivity index (χ0n) is 19.7. The van der Waals surface area contributed by atoms with Gasteiger partial charge in [0.15, 0.2) is 5.13 Å². The summed E-state index contributed by atoms with van der Waals surface area (Å²) in [7, 11) is 6.29. The van der Waals surface area contributed by atoms with E-state index in [1.807, 2.05) is 5.41 Å². The van der Waals surface area contributed by atoms with E-state index in [1.54, 1.807) is 24.8 Å². The molecular formula is C20H27N7O5S3. The third-order valence-corrected chi connectivity index (χ3v) is 7.47. The minimum absolute atomic E-state index is 0.0242. The fourth-order valence-corrected chi connectivity index (χ4v) is 5.94. The molecule has 0 saturated carbocycles. The van der Waals surface area contributed by atoms with E-state index in [1.165, 1.54) is 11.8 Å². The number of nitrogens with one attached hydrogen (secondary N) is 1. The molecule has 190 valence electrons. The quantitative estimate of drug-likeness (QED) is 0.119. The largest absolute Gasteiger partial charge is 0.543 e. The van der Waals surface area contributed by atoms with Gasteiger partial charge in [-0.05, 0) is 24.0 Å². The number of amides is 2. The van der Waals surface area contributed by atoms with Gasteiger partial charge >= 0.3 is 0 Å². The summed E-state index contributed by atoms with van der Waals surface area (Å²) >= 11 is 3.81. The fraction of sp³-hybridized carbons (Fsp3) is 0.500. The molecule has 2 aliphatic heterocycles. The molecule has 35 heavy (non-hydrogen) atoms. The lowest BCUT2D eigenvalue weighted by Crippen LogP contribution is -2.71. The Morgan fingerprint density at radius 1 is 1.43 bits per heavy atom. The lowest BCUT2D eigenvalue weighted by atomic mass is 10.0. The van der Waals surface area contributed by atoms with E-state index in [2.05, 4.69) is 41.0 Å². The second kappa shape index (κ2) is 11.4. The Balaban J connectivity index is 1.71. The number of carbonyl (C=O) groups is 3. The normalized spacial score (nSPS) is 20.6. The van der Waals surface area contributed by atoms with Crippen LogP contribution >= 0.6 is 35.1 Å². The number of nitrogens with zero attached hydrogens (tertiary/aromatic N) is 5. The predicted molar refractivity (Wildman–Crippen MR) is 134 cm³/mol. The molecule has 1 fully saturated rings. The van der Waals surface area contributed by atoms with Gasteiger partial charge in [-0.25, -0.2) is 0 Å². The molecule has 1 unspecified atom stereocenters. The van der Waals surface area contributed by atoms with E-state index in [4.69, 9.17) is 10.6 Å². The van der Waals surface area contributed by atoms with Crippen LogP contribution in [0.2, 0.25) is 0 Å². The first-order valence-corrected chi connectivity index (χ1v) is 13.5. The number of oxime groups is 1. The molecular weight excluding hydrogens is 514 g/mol. The number of quaternary nitrogens is 1. The number of carboxylic acids is 1. The van der Waals surface area contributed by atoms with E-state index in [0.29, 0.717) is 11.3 Å². The topological polar surface area (TPSA) is 163 Å². The van der Waals surface area contributed by atoms with Crippen molar-refractivity contribution in [3.8, 4) is 0 Å². The van der Waals surface area contributed by atoms with E-state index in [0.717, 1.165) is 33.2 Å². The third-order valence-electron chi connectivity index (χ3n) is 4.88. The molecule has 1 aromatic heterocycles. The lowest BCUT2D eigenvalue weighted by molar-refractivity contribution is -0.867. The molecule has 0 aliphatic carbocycles. The molecule has 0 bridgehead atoms. The van der Waals surface area contributed by atoms with Gasteiger partial charge < -0.3 is 30.3 Å². The van der Waals surface area contributed by atoms with Gasteiger partial charge in [0.25, 0.3) is 11.8 Å². The number of allylic oxidation sites excluding steroid dienone is 1. The zero-order valence-corrected chi connectivity index (χ0v) is 22.2. The fourth-order valence-electron chi connectivity index (χ4n) is 3.14. The van der Waals surface area contributed by atoms with Crippen molar-refractivity contribution in [2.45, 2.75) is 18.3 Å². The summed E-state index contributed by atoms with van der Waals surface area (Å²) in [6, 6.07) is -0.950. The third kappa shape index (κ3) is 6.54. The number of fused-ring (bicyclic) bond motifs is 1. The van der Waals surface area contributed by atoms with Crippen LogP contribution in [0, 0.1) is 0 Å². The second-order valence-corrected chi connectivity index (χ2v) is 11.4. The van der Waals surface area contributed by atoms with Crippen LogP contribution in [0.1, 0.15) is 12.7 Å². The molecule has 1 saturated heterocycles. The van der Waals surface area contributed by atoms with Gasteiger partial charge in [0.05, 0.1) is 39.4 Å². The van der Waals surface area contributed by atoms with Gasteiger partial charge in [-0.2, -0.15) is 9.36 Å². The number of aromatic nitrogens is 2.